The first kappa shape index (κ1) is 11.1. The highest BCUT2D eigenvalue weighted by Crippen LogP contribution is 2.45. The van der Waals surface area contributed by atoms with Crippen molar-refractivity contribution >= 4 is 17.3 Å². The number of imidazole rings is 1. The summed E-state index contributed by atoms with van der Waals surface area (Å²) in [5.41, 5.74) is 0.918. The lowest BCUT2D eigenvalue weighted by Gasteiger charge is -2.23. The summed E-state index contributed by atoms with van der Waals surface area (Å²) in [6.45, 7) is 0. The number of nitrogens with one attached hydrogen (secondary N) is 2. The molecular formula is C14H19N5. The molecule has 100 valence electrons. The number of fused-ring (bicyclic) bond motifs is 3. The van der Waals surface area contributed by atoms with Crippen LogP contribution in [0.4, 0.5) is 11.6 Å². The van der Waals surface area contributed by atoms with E-state index in [-0.39, 0.29) is 0 Å². The van der Waals surface area contributed by atoms with Crippen molar-refractivity contribution in [2.24, 2.45) is 11.8 Å². The standard InChI is InChI=1S/C14H19N5/c1-15-12-8-19-5-4-16-14(19)13(18-12)17-11-7-9-2-3-10(11)6-9/h4-5,8-11,15H,2-3,6-7H2,1H3,(H,17,18). The van der Waals surface area contributed by atoms with E-state index in [1.54, 1.807) is 0 Å². The maximum Gasteiger partial charge on any atom is 0.180 e. The van der Waals surface area contributed by atoms with Crippen LogP contribution in [0.15, 0.2) is 18.6 Å². The van der Waals surface area contributed by atoms with E-state index in [1.807, 2.05) is 30.0 Å². The minimum absolute atomic E-state index is 0.582. The number of hydrogen-bond acceptors (Lipinski definition) is 4. The first-order chi connectivity index (χ1) is 9.33. The van der Waals surface area contributed by atoms with Gasteiger partial charge in [0, 0.05) is 25.5 Å². The molecule has 2 fully saturated rings. The summed E-state index contributed by atoms with van der Waals surface area (Å²) >= 11 is 0. The van der Waals surface area contributed by atoms with Crippen LogP contribution in [0.5, 0.6) is 0 Å². The van der Waals surface area contributed by atoms with Crippen molar-refractivity contribution in [1.82, 2.24) is 14.4 Å². The molecule has 5 heteroatoms. The molecule has 2 aliphatic carbocycles. The van der Waals surface area contributed by atoms with Crippen LogP contribution in [0, 0.1) is 11.8 Å². The Morgan fingerprint density at radius 2 is 2.26 bits per heavy atom. The van der Waals surface area contributed by atoms with Crippen molar-refractivity contribution in [3.63, 3.8) is 0 Å². The van der Waals surface area contributed by atoms with Crippen molar-refractivity contribution in [3.8, 4) is 0 Å². The van der Waals surface area contributed by atoms with Crippen LogP contribution in [0.1, 0.15) is 25.7 Å². The maximum absolute atomic E-state index is 4.63. The Bertz CT molecular complexity index is 605. The largest absolute Gasteiger partial charge is 0.372 e. The molecule has 2 bridgehead atoms. The van der Waals surface area contributed by atoms with Gasteiger partial charge >= 0.3 is 0 Å². The molecule has 0 spiro atoms. The van der Waals surface area contributed by atoms with Crippen molar-refractivity contribution < 1.29 is 0 Å². The summed E-state index contributed by atoms with van der Waals surface area (Å²) in [4.78, 5) is 9.04. The quantitative estimate of drug-likeness (QED) is 0.886. The Morgan fingerprint density at radius 1 is 1.32 bits per heavy atom. The van der Waals surface area contributed by atoms with E-state index in [9.17, 15) is 0 Å². The fourth-order valence-corrected chi connectivity index (χ4v) is 3.75. The van der Waals surface area contributed by atoms with Gasteiger partial charge in [-0.1, -0.05) is 6.42 Å². The molecule has 0 aliphatic heterocycles. The zero-order valence-corrected chi connectivity index (χ0v) is 11.1. The summed E-state index contributed by atoms with van der Waals surface area (Å²) in [5, 5.41) is 6.75. The lowest BCUT2D eigenvalue weighted by molar-refractivity contribution is 0.439. The summed E-state index contributed by atoms with van der Waals surface area (Å²) in [7, 11) is 1.90. The molecule has 0 radical (unpaired) electrons. The van der Waals surface area contributed by atoms with Gasteiger partial charge in [0.05, 0.1) is 6.20 Å². The van der Waals surface area contributed by atoms with Crippen LogP contribution in [-0.4, -0.2) is 27.5 Å². The third-order valence-electron chi connectivity index (χ3n) is 4.69. The highest BCUT2D eigenvalue weighted by atomic mass is 15.2. The van der Waals surface area contributed by atoms with Gasteiger partial charge in [-0.05, 0) is 31.1 Å². The number of hydrogen-bond donors (Lipinski definition) is 2. The molecule has 0 amide bonds. The van der Waals surface area contributed by atoms with E-state index in [0.29, 0.717) is 6.04 Å². The summed E-state index contributed by atoms with van der Waals surface area (Å²) in [5.74, 6) is 3.55. The van der Waals surface area contributed by atoms with Crippen molar-refractivity contribution in [2.75, 3.05) is 17.7 Å². The Kier molecular flexibility index (Phi) is 2.40. The maximum atomic E-state index is 4.63. The van der Waals surface area contributed by atoms with Gasteiger partial charge in [0.25, 0.3) is 0 Å². The first-order valence-electron chi connectivity index (χ1n) is 7.11. The lowest BCUT2D eigenvalue weighted by Crippen LogP contribution is -2.26. The average Bonchev–Trinajstić information content (AvgIpc) is 3.13. The fourth-order valence-electron chi connectivity index (χ4n) is 3.75. The lowest BCUT2D eigenvalue weighted by atomic mass is 9.95. The van der Waals surface area contributed by atoms with E-state index in [4.69, 9.17) is 0 Å². The van der Waals surface area contributed by atoms with Crippen LogP contribution in [0.2, 0.25) is 0 Å². The van der Waals surface area contributed by atoms with Crippen molar-refractivity contribution in [1.29, 1.82) is 0 Å². The highest BCUT2D eigenvalue weighted by Gasteiger charge is 2.39. The van der Waals surface area contributed by atoms with Gasteiger partial charge in [0.15, 0.2) is 11.5 Å². The van der Waals surface area contributed by atoms with Crippen LogP contribution < -0.4 is 10.6 Å². The smallest absolute Gasteiger partial charge is 0.180 e. The molecule has 2 aliphatic rings. The predicted octanol–water partition coefficient (Wildman–Crippen LogP) is 2.37. The zero-order valence-electron chi connectivity index (χ0n) is 11.1. The molecule has 0 aromatic carbocycles. The second-order valence-electron chi connectivity index (χ2n) is 5.81. The van der Waals surface area contributed by atoms with Gasteiger partial charge in [-0.3, -0.25) is 0 Å². The van der Waals surface area contributed by atoms with Crippen LogP contribution in [0.25, 0.3) is 5.65 Å². The minimum atomic E-state index is 0.582. The van der Waals surface area contributed by atoms with Gasteiger partial charge in [-0.15, -0.1) is 0 Å². The molecule has 2 heterocycles. The van der Waals surface area contributed by atoms with E-state index >= 15 is 0 Å². The summed E-state index contributed by atoms with van der Waals surface area (Å²) < 4.78 is 2.02. The van der Waals surface area contributed by atoms with E-state index in [2.05, 4.69) is 20.6 Å². The average molecular weight is 257 g/mol. The third-order valence-corrected chi connectivity index (χ3v) is 4.69. The molecule has 3 unspecified atom stereocenters. The third kappa shape index (κ3) is 1.76. The number of nitrogens with zero attached hydrogens (tertiary/aromatic N) is 3. The predicted molar refractivity (Wildman–Crippen MR) is 75.4 cm³/mol. The molecular weight excluding hydrogens is 238 g/mol. The SMILES string of the molecule is CNc1cn2ccnc2c(NC2CC3CCC2C3)n1. The minimum Gasteiger partial charge on any atom is -0.372 e. The molecule has 2 N–H and O–H groups in total. The van der Waals surface area contributed by atoms with Gasteiger partial charge in [0.1, 0.15) is 5.82 Å². The molecule has 2 aromatic rings. The molecule has 5 nitrogen and oxygen atoms in total. The molecule has 19 heavy (non-hydrogen) atoms. The zero-order chi connectivity index (χ0) is 12.8. The summed E-state index contributed by atoms with van der Waals surface area (Å²) in [6, 6.07) is 0.582. The number of anilines is 2. The van der Waals surface area contributed by atoms with Gasteiger partial charge in [0.2, 0.25) is 0 Å². The molecule has 0 saturated heterocycles. The Morgan fingerprint density at radius 3 is 3.00 bits per heavy atom. The van der Waals surface area contributed by atoms with Crippen LogP contribution in [0.3, 0.4) is 0 Å². The normalized spacial score (nSPS) is 29.0. The van der Waals surface area contributed by atoms with Crippen LogP contribution in [-0.2, 0) is 0 Å². The Labute approximate surface area is 112 Å². The first-order valence-corrected chi connectivity index (χ1v) is 7.11. The molecule has 4 rings (SSSR count). The second kappa shape index (κ2) is 4.11. The Hall–Kier alpha value is -1.78. The molecule has 2 aromatic heterocycles. The van der Waals surface area contributed by atoms with Crippen molar-refractivity contribution in [2.45, 2.75) is 31.7 Å². The van der Waals surface area contributed by atoms with E-state index < -0.39 is 0 Å². The summed E-state index contributed by atoms with van der Waals surface area (Å²) in [6.07, 6.45) is 11.2. The van der Waals surface area contributed by atoms with Crippen molar-refractivity contribution in [3.05, 3.63) is 18.6 Å². The van der Waals surface area contributed by atoms with E-state index in [0.717, 1.165) is 29.1 Å². The second-order valence-corrected chi connectivity index (χ2v) is 5.81. The highest BCUT2D eigenvalue weighted by molar-refractivity contribution is 5.65. The topological polar surface area (TPSA) is 54.2 Å². The number of aromatic nitrogens is 3. The molecule has 3 atom stereocenters. The van der Waals surface area contributed by atoms with Gasteiger partial charge in [-0.2, -0.15) is 0 Å². The van der Waals surface area contributed by atoms with Gasteiger partial charge < -0.3 is 15.0 Å². The number of rotatable bonds is 3. The fraction of sp³-hybridized carbons (Fsp3) is 0.571. The van der Waals surface area contributed by atoms with Gasteiger partial charge in [-0.25, -0.2) is 9.97 Å². The van der Waals surface area contributed by atoms with Crippen LogP contribution >= 0.6 is 0 Å². The molecule has 2 saturated carbocycles. The van der Waals surface area contributed by atoms with E-state index in [1.165, 1.54) is 25.7 Å². The Balaban J connectivity index is 1.68. The monoisotopic (exact) mass is 257 g/mol.